The van der Waals surface area contributed by atoms with Crippen molar-refractivity contribution in [2.75, 3.05) is 32.7 Å². The van der Waals surface area contributed by atoms with Crippen LogP contribution in [0, 0.1) is 0 Å². The number of hydrogen-bond donors (Lipinski definition) is 0. The highest BCUT2D eigenvalue weighted by atomic mass is 35.5. The molecule has 1 saturated carbocycles. The van der Waals surface area contributed by atoms with Crippen LogP contribution in [0.3, 0.4) is 0 Å². The minimum Gasteiger partial charge on any atom is -0.490 e. The lowest BCUT2D eigenvalue weighted by Crippen LogP contribution is -2.55. The summed E-state index contributed by atoms with van der Waals surface area (Å²) in [6, 6.07) is 10.4. The Morgan fingerprint density at radius 1 is 1.07 bits per heavy atom. The first kappa shape index (κ1) is 33.2. The van der Waals surface area contributed by atoms with Gasteiger partial charge in [-0.25, -0.2) is 0 Å². The number of ether oxygens (including phenoxy) is 1. The molecule has 4 nitrogen and oxygen atoms in total. The topological polar surface area (TPSA) is 28.1 Å². The first-order chi connectivity index (χ1) is 20.0. The van der Waals surface area contributed by atoms with E-state index in [9.17, 15) is 0 Å². The van der Waals surface area contributed by atoms with Crippen LogP contribution in [0.15, 0.2) is 81.0 Å². The van der Waals surface area contributed by atoms with Crippen molar-refractivity contribution in [2.24, 2.45) is 4.99 Å². The smallest absolute Gasteiger partial charge is 0.124 e. The van der Waals surface area contributed by atoms with Gasteiger partial charge >= 0.3 is 0 Å². The molecule has 0 N–H and O–H groups in total. The molecular formula is C35H48Cl2N3OP. The molecule has 1 aliphatic heterocycles. The number of halogens is 2. The summed E-state index contributed by atoms with van der Waals surface area (Å²) in [6.45, 7) is 16.0. The van der Waals surface area contributed by atoms with Gasteiger partial charge in [0.15, 0.2) is 0 Å². The monoisotopic (exact) mass is 627 g/mol. The minimum atomic E-state index is -0.468. The standard InChI is InChI=1S/C35H48Cl2N3OP/c1-6-7-17-35(32(28-14-15-28)41-33(2,3)4,38-31(26-42)27-12-9-8-10-13-27)18-11-20-39-21-23-40(24-22-39)34(5)19-16-29(36)30(37)25-34/h6-10,12-13,16,25-26,42H,11,14-15,17-24H2,1-5H3/b7-6+,38-31?. The van der Waals surface area contributed by atoms with Gasteiger partial charge in [-0.2, -0.15) is 0 Å². The summed E-state index contributed by atoms with van der Waals surface area (Å²) in [7, 11) is 3.71. The van der Waals surface area contributed by atoms with Crippen LogP contribution in [-0.4, -0.2) is 70.7 Å². The van der Waals surface area contributed by atoms with Crippen molar-refractivity contribution in [3.05, 3.63) is 81.6 Å². The molecule has 0 aromatic heterocycles. The predicted octanol–water partition coefficient (Wildman–Crippen LogP) is 8.79. The molecule has 2 aliphatic carbocycles. The molecule has 7 heteroatoms. The molecule has 3 aliphatic rings. The molecule has 42 heavy (non-hydrogen) atoms. The summed E-state index contributed by atoms with van der Waals surface area (Å²) in [5.74, 6) is 3.04. The van der Waals surface area contributed by atoms with Gasteiger partial charge in [-0.1, -0.05) is 71.8 Å². The van der Waals surface area contributed by atoms with E-state index in [2.05, 4.69) is 102 Å². The Morgan fingerprint density at radius 2 is 1.76 bits per heavy atom. The van der Waals surface area contributed by atoms with Crippen molar-refractivity contribution >= 4 is 43.6 Å². The van der Waals surface area contributed by atoms with Crippen molar-refractivity contribution in [1.82, 2.24) is 9.80 Å². The van der Waals surface area contributed by atoms with Gasteiger partial charge in [-0.3, -0.25) is 9.89 Å². The van der Waals surface area contributed by atoms with Crippen LogP contribution in [0.1, 0.15) is 78.7 Å². The average molecular weight is 629 g/mol. The molecule has 1 aromatic carbocycles. The highest BCUT2D eigenvalue weighted by Crippen LogP contribution is 2.45. The van der Waals surface area contributed by atoms with Crippen LogP contribution in [0.25, 0.3) is 0 Å². The van der Waals surface area contributed by atoms with Crippen molar-refractivity contribution in [3.8, 4) is 0 Å². The second kappa shape index (κ2) is 14.4. The van der Waals surface area contributed by atoms with Gasteiger partial charge in [0.25, 0.3) is 0 Å². The van der Waals surface area contributed by atoms with Gasteiger partial charge in [0, 0.05) is 37.3 Å². The first-order valence-corrected chi connectivity index (χ1v) is 16.7. The number of piperazine rings is 1. The quantitative estimate of drug-likeness (QED) is 0.100. The maximum absolute atomic E-state index is 6.81. The van der Waals surface area contributed by atoms with E-state index in [1.54, 1.807) is 0 Å². The van der Waals surface area contributed by atoms with Gasteiger partial charge in [-0.05, 0) is 97.1 Å². The molecule has 1 aromatic rings. The molecule has 4 rings (SSSR count). The number of rotatable bonds is 12. The van der Waals surface area contributed by atoms with Crippen LogP contribution in [0.5, 0.6) is 0 Å². The van der Waals surface area contributed by atoms with Gasteiger partial charge in [0.05, 0.1) is 15.8 Å². The average Bonchev–Trinajstić information content (AvgIpc) is 3.81. The highest BCUT2D eigenvalue weighted by molar-refractivity contribution is 7.22. The van der Waals surface area contributed by atoms with Crippen LogP contribution in [0.2, 0.25) is 0 Å². The van der Waals surface area contributed by atoms with Crippen molar-refractivity contribution in [3.63, 3.8) is 0 Å². The fourth-order valence-electron chi connectivity index (χ4n) is 5.98. The number of nitrogens with zero attached hydrogens (tertiary/aromatic N) is 3. The fourth-order valence-corrected chi connectivity index (χ4v) is 6.65. The van der Waals surface area contributed by atoms with E-state index in [0.717, 1.165) is 88.3 Å². The van der Waals surface area contributed by atoms with E-state index in [-0.39, 0.29) is 11.1 Å². The normalized spacial score (nSPS) is 23.8. The number of allylic oxidation sites excluding steroid dienone is 4. The van der Waals surface area contributed by atoms with E-state index >= 15 is 0 Å². The third-order valence-electron chi connectivity index (χ3n) is 8.40. The summed E-state index contributed by atoms with van der Waals surface area (Å²) < 4.78 is 6.81. The Balaban J connectivity index is 1.54. The zero-order valence-electron chi connectivity index (χ0n) is 26.1. The largest absolute Gasteiger partial charge is 0.490 e. The van der Waals surface area contributed by atoms with Crippen LogP contribution >= 0.6 is 32.1 Å². The SMILES string of the molecule is C/C=C/CC(CCCN1CCN(C2(C)C=C(Cl)C(Cl)=CC2)CC1)(N=C(C=P)c1ccccc1)C(OC(C)(C)C)=C1CC1. The molecule has 2 unspecified atom stereocenters. The van der Waals surface area contributed by atoms with Gasteiger partial charge < -0.3 is 9.64 Å². The first-order valence-electron chi connectivity index (χ1n) is 15.4. The Hall–Kier alpha value is -1.68. The third kappa shape index (κ3) is 8.70. The number of aliphatic imine (C=N–C) groups is 1. The Bertz CT molecular complexity index is 1250. The van der Waals surface area contributed by atoms with Gasteiger partial charge in [0.1, 0.15) is 16.9 Å². The maximum Gasteiger partial charge on any atom is 0.124 e. The lowest BCUT2D eigenvalue weighted by atomic mass is 9.85. The lowest BCUT2D eigenvalue weighted by Gasteiger charge is -2.45. The van der Waals surface area contributed by atoms with Crippen molar-refractivity contribution < 1.29 is 4.74 Å². The molecule has 1 saturated heterocycles. The zero-order valence-corrected chi connectivity index (χ0v) is 28.6. The second-order valence-electron chi connectivity index (χ2n) is 13.0. The van der Waals surface area contributed by atoms with Crippen LogP contribution < -0.4 is 0 Å². The fraction of sp³-hybridized carbons (Fsp3) is 0.543. The van der Waals surface area contributed by atoms with E-state index in [0.29, 0.717) is 10.1 Å². The summed E-state index contributed by atoms with van der Waals surface area (Å²) in [5, 5.41) is 1.33. The Kier molecular flexibility index (Phi) is 11.4. The third-order valence-corrected chi connectivity index (χ3v) is 9.44. The molecule has 0 spiro atoms. The van der Waals surface area contributed by atoms with E-state index in [1.165, 1.54) is 5.57 Å². The Morgan fingerprint density at radius 3 is 2.33 bits per heavy atom. The minimum absolute atomic E-state index is 0.0760. The molecular weight excluding hydrogens is 580 g/mol. The summed E-state index contributed by atoms with van der Waals surface area (Å²) in [4.78, 5) is 10.7. The number of benzene rings is 1. The van der Waals surface area contributed by atoms with Crippen molar-refractivity contribution in [2.45, 2.75) is 89.8 Å². The zero-order chi connectivity index (χ0) is 30.4. The van der Waals surface area contributed by atoms with Crippen molar-refractivity contribution in [1.29, 1.82) is 0 Å². The molecule has 2 atom stereocenters. The van der Waals surface area contributed by atoms with E-state index in [1.807, 2.05) is 11.9 Å². The molecule has 2 fully saturated rings. The van der Waals surface area contributed by atoms with Crippen LogP contribution in [0.4, 0.5) is 0 Å². The highest BCUT2D eigenvalue weighted by Gasteiger charge is 2.41. The molecule has 0 radical (unpaired) electrons. The summed E-state index contributed by atoms with van der Waals surface area (Å²) in [6.07, 6.45) is 14.4. The Labute approximate surface area is 266 Å². The maximum atomic E-state index is 6.81. The van der Waals surface area contributed by atoms with E-state index in [4.69, 9.17) is 32.9 Å². The van der Waals surface area contributed by atoms with Gasteiger partial charge in [-0.15, -0.1) is 8.86 Å². The molecule has 0 amide bonds. The molecule has 228 valence electrons. The molecule has 0 bridgehead atoms. The second-order valence-corrected chi connectivity index (χ2v) is 14.1. The van der Waals surface area contributed by atoms with Crippen LogP contribution in [-0.2, 0) is 4.74 Å². The molecule has 1 heterocycles. The van der Waals surface area contributed by atoms with Gasteiger partial charge in [0.2, 0.25) is 0 Å². The summed E-state index contributed by atoms with van der Waals surface area (Å²) in [5.41, 5.74) is 2.62. The van der Waals surface area contributed by atoms with E-state index < -0.39 is 5.54 Å². The lowest BCUT2D eigenvalue weighted by molar-refractivity contribution is 0.0245. The summed E-state index contributed by atoms with van der Waals surface area (Å²) >= 11 is 12.7. The predicted molar refractivity (Wildman–Crippen MR) is 185 cm³/mol. The number of hydrogen-bond acceptors (Lipinski definition) is 4.